The van der Waals surface area contributed by atoms with Crippen LogP contribution in [0.15, 0.2) is 59.5 Å². The van der Waals surface area contributed by atoms with Crippen LogP contribution in [0.4, 0.5) is 0 Å². The lowest BCUT2D eigenvalue weighted by Crippen LogP contribution is -2.54. The van der Waals surface area contributed by atoms with Crippen LogP contribution in [-0.4, -0.2) is 65.9 Å². The summed E-state index contributed by atoms with van der Waals surface area (Å²) in [5, 5.41) is 19.4. The number of carbonyl (C=O) groups excluding carboxylic acids is 4. The molecule has 0 aliphatic heterocycles. The van der Waals surface area contributed by atoms with E-state index in [9.17, 15) is 29.1 Å². The van der Waals surface area contributed by atoms with Crippen molar-refractivity contribution in [2.24, 2.45) is 11.7 Å². The molecule has 2 aromatic rings. The number of hydrogen-bond donors (Lipinski definition) is 7. The molecule has 0 spiro atoms. The zero-order chi connectivity index (χ0) is 29.7. The molecule has 7 N–H and O–H groups in total. The molecule has 11 nitrogen and oxygen atoms in total. The van der Waals surface area contributed by atoms with E-state index in [-0.39, 0.29) is 25.2 Å². The van der Waals surface area contributed by atoms with E-state index in [0.717, 1.165) is 16.0 Å². The minimum Gasteiger partial charge on any atom is -0.480 e. The number of rotatable bonds is 15. The SMILES string of the molecule is CC(C)CC(NC(=O)C(Cc1ccccc1)NC(=O)CNC(=O)CNC(=O)C(N)Cc1ccc(S)cc1)C(=O)O. The van der Waals surface area contributed by atoms with E-state index in [2.05, 4.69) is 33.9 Å². The Morgan fingerprint density at radius 1 is 0.775 bits per heavy atom. The number of hydrogen-bond acceptors (Lipinski definition) is 7. The molecule has 12 heteroatoms. The molecule has 4 amide bonds. The molecule has 0 aromatic heterocycles. The van der Waals surface area contributed by atoms with Gasteiger partial charge in [-0.25, -0.2) is 4.79 Å². The Morgan fingerprint density at radius 3 is 1.98 bits per heavy atom. The van der Waals surface area contributed by atoms with E-state index in [0.29, 0.717) is 0 Å². The zero-order valence-electron chi connectivity index (χ0n) is 22.6. The molecule has 0 bridgehead atoms. The third-order valence-corrected chi connectivity index (χ3v) is 6.15. The van der Waals surface area contributed by atoms with Gasteiger partial charge in [0.05, 0.1) is 19.1 Å². The first kappa shape index (κ1) is 32.3. The Hall–Kier alpha value is -3.90. The van der Waals surface area contributed by atoms with Crippen molar-refractivity contribution < 1.29 is 29.1 Å². The molecule has 3 atom stereocenters. The summed E-state index contributed by atoms with van der Waals surface area (Å²) in [5.74, 6) is -3.60. The standard InChI is InChI=1S/C28H37N5O6S/c1-17(2)12-23(28(38)39)33-27(37)22(14-18-6-4-3-5-7-18)32-25(35)16-30-24(34)15-31-26(36)21(29)13-19-8-10-20(40)11-9-19/h3-11,17,21-23,40H,12-16,29H2,1-2H3,(H,30,34)(H,31,36)(H,32,35)(H,33,37)(H,38,39). The Balaban J connectivity index is 1.88. The van der Waals surface area contributed by atoms with Crippen LogP contribution >= 0.6 is 12.6 Å². The second-order valence-electron chi connectivity index (χ2n) is 9.81. The summed E-state index contributed by atoms with van der Waals surface area (Å²) in [6.45, 7) is 2.83. The van der Waals surface area contributed by atoms with Crippen molar-refractivity contribution in [2.45, 2.75) is 56.1 Å². The maximum Gasteiger partial charge on any atom is 0.326 e. The van der Waals surface area contributed by atoms with Gasteiger partial charge in [-0.3, -0.25) is 19.2 Å². The largest absolute Gasteiger partial charge is 0.480 e. The Morgan fingerprint density at radius 2 is 1.38 bits per heavy atom. The molecule has 40 heavy (non-hydrogen) atoms. The van der Waals surface area contributed by atoms with E-state index in [4.69, 9.17) is 5.73 Å². The van der Waals surface area contributed by atoms with Crippen LogP contribution in [-0.2, 0) is 36.8 Å². The van der Waals surface area contributed by atoms with Crippen LogP contribution in [0.3, 0.4) is 0 Å². The van der Waals surface area contributed by atoms with E-state index in [1.54, 1.807) is 54.6 Å². The van der Waals surface area contributed by atoms with Crippen molar-refractivity contribution >= 4 is 42.2 Å². The maximum atomic E-state index is 13.0. The number of benzene rings is 2. The second kappa shape index (κ2) is 16.3. The summed E-state index contributed by atoms with van der Waals surface area (Å²) in [6.07, 6.45) is 0.611. The summed E-state index contributed by atoms with van der Waals surface area (Å²) in [7, 11) is 0. The molecule has 0 heterocycles. The third-order valence-electron chi connectivity index (χ3n) is 5.85. The fraction of sp³-hybridized carbons (Fsp3) is 0.393. The van der Waals surface area contributed by atoms with Crippen molar-refractivity contribution in [1.82, 2.24) is 21.3 Å². The van der Waals surface area contributed by atoms with Crippen LogP contribution in [0.1, 0.15) is 31.4 Å². The molecule has 3 unspecified atom stereocenters. The molecule has 0 saturated heterocycles. The highest BCUT2D eigenvalue weighted by Gasteiger charge is 2.27. The van der Waals surface area contributed by atoms with Gasteiger partial charge in [0, 0.05) is 11.3 Å². The van der Waals surface area contributed by atoms with E-state index < -0.39 is 60.8 Å². The summed E-state index contributed by atoms with van der Waals surface area (Å²) in [4.78, 5) is 62.4. The monoisotopic (exact) mass is 571 g/mol. The van der Waals surface area contributed by atoms with Crippen molar-refractivity contribution in [1.29, 1.82) is 0 Å². The second-order valence-corrected chi connectivity index (χ2v) is 10.3. The quantitative estimate of drug-likeness (QED) is 0.151. The number of carboxylic acids is 1. The summed E-state index contributed by atoms with van der Waals surface area (Å²) in [6, 6.07) is 13.0. The fourth-order valence-corrected chi connectivity index (χ4v) is 3.94. The molecule has 2 aromatic carbocycles. The molecular weight excluding hydrogens is 534 g/mol. The van der Waals surface area contributed by atoms with Crippen LogP contribution in [0, 0.1) is 5.92 Å². The van der Waals surface area contributed by atoms with E-state index in [1.807, 2.05) is 13.8 Å². The lowest BCUT2D eigenvalue weighted by atomic mass is 10.0. The first-order valence-electron chi connectivity index (χ1n) is 12.9. The van der Waals surface area contributed by atoms with Gasteiger partial charge in [0.1, 0.15) is 12.1 Å². The Labute approximate surface area is 239 Å². The number of aliphatic carboxylic acids is 1. The zero-order valence-corrected chi connectivity index (χ0v) is 23.4. The molecule has 0 aliphatic carbocycles. The fourth-order valence-electron chi connectivity index (χ4n) is 3.79. The molecule has 216 valence electrons. The first-order chi connectivity index (χ1) is 18.9. The van der Waals surface area contributed by atoms with Crippen LogP contribution in [0.5, 0.6) is 0 Å². The third kappa shape index (κ3) is 11.9. The van der Waals surface area contributed by atoms with E-state index >= 15 is 0 Å². The Kier molecular flexibility index (Phi) is 13.1. The number of thiol groups is 1. The summed E-state index contributed by atoms with van der Waals surface area (Å²) < 4.78 is 0. The molecule has 0 fully saturated rings. The molecule has 0 radical (unpaired) electrons. The smallest absolute Gasteiger partial charge is 0.326 e. The normalized spacial score (nSPS) is 13.0. The molecule has 2 rings (SSSR count). The average molecular weight is 572 g/mol. The molecular formula is C28H37N5O6S. The van der Waals surface area contributed by atoms with Gasteiger partial charge in [0.2, 0.25) is 23.6 Å². The van der Waals surface area contributed by atoms with Crippen LogP contribution in [0.2, 0.25) is 0 Å². The van der Waals surface area contributed by atoms with Gasteiger partial charge in [0.25, 0.3) is 0 Å². The van der Waals surface area contributed by atoms with Crippen molar-refractivity contribution in [3.05, 3.63) is 65.7 Å². The topological polar surface area (TPSA) is 180 Å². The average Bonchev–Trinajstić information content (AvgIpc) is 2.91. The van der Waals surface area contributed by atoms with Crippen molar-refractivity contribution in [3.8, 4) is 0 Å². The number of nitrogens with two attached hydrogens (primary N) is 1. The van der Waals surface area contributed by atoms with Crippen LogP contribution in [0.25, 0.3) is 0 Å². The van der Waals surface area contributed by atoms with Gasteiger partial charge < -0.3 is 32.1 Å². The predicted octanol–water partition coefficient (Wildman–Crippen LogP) is 0.421. The van der Waals surface area contributed by atoms with Crippen molar-refractivity contribution in [2.75, 3.05) is 13.1 Å². The predicted molar refractivity (Wildman–Crippen MR) is 152 cm³/mol. The van der Waals surface area contributed by atoms with E-state index in [1.165, 1.54) is 0 Å². The highest BCUT2D eigenvalue weighted by Crippen LogP contribution is 2.10. The lowest BCUT2D eigenvalue weighted by Gasteiger charge is -2.22. The number of nitrogens with one attached hydrogen (secondary N) is 4. The highest BCUT2D eigenvalue weighted by molar-refractivity contribution is 7.80. The van der Waals surface area contributed by atoms with Gasteiger partial charge in [-0.15, -0.1) is 12.6 Å². The first-order valence-corrected chi connectivity index (χ1v) is 13.3. The number of amides is 4. The van der Waals surface area contributed by atoms with Gasteiger partial charge in [-0.05, 0) is 42.0 Å². The minimum atomic E-state index is -1.17. The van der Waals surface area contributed by atoms with Gasteiger partial charge in [-0.2, -0.15) is 0 Å². The maximum absolute atomic E-state index is 13.0. The van der Waals surface area contributed by atoms with Gasteiger partial charge >= 0.3 is 5.97 Å². The van der Waals surface area contributed by atoms with Crippen LogP contribution < -0.4 is 27.0 Å². The molecule has 0 aliphatic rings. The molecule has 0 saturated carbocycles. The van der Waals surface area contributed by atoms with Gasteiger partial charge in [-0.1, -0.05) is 56.3 Å². The van der Waals surface area contributed by atoms with Crippen molar-refractivity contribution in [3.63, 3.8) is 0 Å². The highest BCUT2D eigenvalue weighted by atomic mass is 32.1. The Bertz CT molecular complexity index is 1160. The van der Waals surface area contributed by atoms with Gasteiger partial charge in [0.15, 0.2) is 0 Å². The summed E-state index contributed by atoms with van der Waals surface area (Å²) >= 11 is 4.21. The minimum absolute atomic E-state index is 0.0217. The summed E-state index contributed by atoms with van der Waals surface area (Å²) in [5.41, 5.74) is 7.52. The number of carboxylic acid groups (broad SMARTS) is 1. The lowest BCUT2D eigenvalue weighted by molar-refractivity contribution is -0.142. The number of carbonyl (C=O) groups is 5.